The molecule has 120 valence electrons. The van der Waals surface area contributed by atoms with Gasteiger partial charge in [0.15, 0.2) is 0 Å². The highest BCUT2D eigenvalue weighted by atomic mass is 35.5. The molecule has 2 N–H and O–H groups in total. The molecule has 1 aromatic carbocycles. The van der Waals surface area contributed by atoms with E-state index in [0.717, 1.165) is 18.2 Å². The molecule has 0 aliphatic carbocycles. The second kappa shape index (κ2) is 6.97. The standard InChI is InChI=1S/C13H7ClF3N3O3/c14-11-8(16)2-1-7(15)10(11)12(21)19-6-3-4-18-9(5-6)20-13(22)23-17/h1-5H,(H2,18,19,20,21,22). The number of nitrogens with one attached hydrogen (secondary N) is 2. The van der Waals surface area contributed by atoms with E-state index in [1.54, 1.807) is 0 Å². The van der Waals surface area contributed by atoms with E-state index >= 15 is 0 Å². The Morgan fingerprint density at radius 1 is 1.13 bits per heavy atom. The Balaban J connectivity index is 2.23. The summed E-state index contributed by atoms with van der Waals surface area (Å²) < 4.78 is 38.6. The van der Waals surface area contributed by atoms with Gasteiger partial charge in [-0.2, -0.15) is 0 Å². The number of aromatic nitrogens is 1. The van der Waals surface area contributed by atoms with Crippen molar-refractivity contribution in [1.82, 2.24) is 4.98 Å². The summed E-state index contributed by atoms with van der Waals surface area (Å²) in [5, 5.41) is 3.49. The van der Waals surface area contributed by atoms with Crippen LogP contribution in [0.1, 0.15) is 10.4 Å². The van der Waals surface area contributed by atoms with Crippen molar-refractivity contribution >= 4 is 35.1 Å². The molecular formula is C13H7ClF3N3O3. The molecule has 0 saturated heterocycles. The molecule has 6 nitrogen and oxygen atoms in total. The van der Waals surface area contributed by atoms with Crippen molar-refractivity contribution in [2.24, 2.45) is 0 Å². The average molecular weight is 346 g/mol. The first-order valence-electron chi connectivity index (χ1n) is 5.93. The van der Waals surface area contributed by atoms with Crippen LogP contribution in [0, 0.1) is 11.6 Å². The highest BCUT2D eigenvalue weighted by Crippen LogP contribution is 2.24. The number of benzene rings is 1. The maximum Gasteiger partial charge on any atom is 0.450 e. The van der Waals surface area contributed by atoms with E-state index in [0.29, 0.717) is 0 Å². The summed E-state index contributed by atoms with van der Waals surface area (Å²) in [6, 6.07) is 3.98. The minimum atomic E-state index is -1.42. The summed E-state index contributed by atoms with van der Waals surface area (Å²) in [7, 11) is 0. The summed E-state index contributed by atoms with van der Waals surface area (Å²) in [4.78, 5) is 29.3. The molecule has 0 radical (unpaired) electrons. The zero-order valence-electron chi connectivity index (χ0n) is 11.1. The molecule has 0 fully saturated rings. The predicted molar refractivity (Wildman–Crippen MR) is 74.8 cm³/mol. The Labute approximate surface area is 132 Å². The van der Waals surface area contributed by atoms with Crippen LogP contribution in [-0.4, -0.2) is 17.0 Å². The molecule has 0 aliphatic heterocycles. The lowest BCUT2D eigenvalue weighted by Gasteiger charge is -2.09. The van der Waals surface area contributed by atoms with Crippen molar-refractivity contribution in [3.05, 3.63) is 52.7 Å². The van der Waals surface area contributed by atoms with Gasteiger partial charge in [0.1, 0.15) is 17.5 Å². The Kier molecular flexibility index (Phi) is 5.02. The SMILES string of the molecule is O=C(Nc1cc(NC(=O)c2c(F)ccc(F)c2Cl)ccn1)OF. The molecule has 2 amide bonds. The quantitative estimate of drug-likeness (QED) is 0.831. The van der Waals surface area contributed by atoms with Gasteiger partial charge in [-0.15, -0.1) is 0 Å². The zero-order chi connectivity index (χ0) is 17.0. The second-order valence-corrected chi connectivity index (χ2v) is 4.47. The molecule has 23 heavy (non-hydrogen) atoms. The van der Waals surface area contributed by atoms with Crippen LogP contribution in [0.25, 0.3) is 0 Å². The molecule has 1 heterocycles. The Morgan fingerprint density at radius 2 is 1.83 bits per heavy atom. The van der Waals surface area contributed by atoms with Gasteiger partial charge in [-0.05, 0) is 18.2 Å². The largest absolute Gasteiger partial charge is 0.450 e. The number of halogens is 4. The fourth-order valence-corrected chi connectivity index (χ4v) is 1.87. The van der Waals surface area contributed by atoms with Gasteiger partial charge < -0.3 is 5.32 Å². The predicted octanol–water partition coefficient (Wildman–Crippen LogP) is 3.70. The third kappa shape index (κ3) is 3.89. The molecule has 0 saturated carbocycles. The van der Waals surface area contributed by atoms with Crippen molar-refractivity contribution in [2.45, 2.75) is 0 Å². The first-order chi connectivity index (χ1) is 10.9. The fraction of sp³-hybridized carbons (Fsp3) is 0. The topological polar surface area (TPSA) is 80.3 Å². The van der Waals surface area contributed by atoms with Crippen molar-refractivity contribution in [3.8, 4) is 0 Å². The van der Waals surface area contributed by atoms with E-state index < -0.39 is 34.2 Å². The van der Waals surface area contributed by atoms with Gasteiger partial charge in [0, 0.05) is 22.5 Å². The minimum absolute atomic E-state index is 0.0684. The van der Waals surface area contributed by atoms with Crippen LogP contribution in [0.15, 0.2) is 30.5 Å². The third-order valence-corrected chi connectivity index (χ3v) is 2.96. The van der Waals surface area contributed by atoms with Crippen LogP contribution in [-0.2, 0) is 4.94 Å². The molecule has 0 aliphatic rings. The molecular weight excluding hydrogens is 339 g/mol. The maximum atomic E-state index is 13.6. The summed E-state index contributed by atoms with van der Waals surface area (Å²) in [6.45, 7) is 0. The van der Waals surface area contributed by atoms with E-state index in [1.807, 2.05) is 5.32 Å². The lowest BCUT2D eigenvalue weighted by atomic mass is 10.2. The minimum Gasteiger partial charge on any atom is -0.322 e. The van der Waals surface area contributed by atoms with Crippen molar-refractivity contribution in [2.75, 3.05) is 10.6 Å². The first-order valence-corrected chi connectivity index (χ1v) is 6.30. The van der Waals surface area contributed by atoms with Crippen LogP contribution in [0.4, 0.5) is 29.6 Å². The highest BCUT2D eigenvalue weighted by molar-refractivity contribution is 6.34. The van der Waals surface area contributed by atoms with Gasteiger partial charge in [0.2, 0.25) is 0 Å². The lowest BCUT2D eigenvalue weighted by molar-refractivity contribution is -0.0544. The third-order valence-electron chi connectivity index (χ3n) is 2.59. The molecule has 0 unspecified atom stereocenters. The monoisotopic (exact) mass is 345 g/mol. The number of anilines is 2. The van der Waals surface area contributed by atoms with E-state index in [2.05, 4.69) is 15.2 Å². The van der Waals surface area contributed by atoms with Crippen molar-refractivity contribution in [1.29, 1.82) is 0 Å². The van der Waals surface area contributed by atoms with Crippen molar-refractivity contribution in [3.63, 3.8) is 0 Å². The summed E-state index contributed by atoms with van der Waals surface area (Å²) in [6.07, 6.45) is -0.243. The van der Waals surface area contributed by atoms with Gasteiger partial charge >= 0.3 is 6.09 Å². The second-order valence-electron chi connectivity index (χ2n) is 4.09. The summed E-state index contributed by atoms with van der Waals surface area (Å²) in [5.41, 5.74) is -0.611. The number of amides is 2. The Bertz CT molecular complexity index is 773. The van der Waals surface area contributed by atoms with E-state index in [4.69, 9.17) is 11.6 Å². The van der Waals surface area contributed by atoms with Gasteiger partial charge in [-0.3, -0.25) is 10.1 Å². The molecule has 1 aromatic heterocycles. The normalized spacial score (nSPS) is 10.1. The van der Waals surface area contributed by atoms with Crippen LogP contribution in [0.5, 0.6) is 0 Å². The highest BCUT2D eigenvalue weighted by Gasteiger charge is 2.19. The summed E-state index contributed by atoms with van der Waals surface area (Å²) in [5.74, 6) is -3.13. The van der Waals surface area contributed by atoms with E-state index in [1.165, 1.54) is 12.3 Å². The maximum absolute atomic E-state index is 13.6. The van der Waals surface area contributed by atoms with Crippen LogP contribution >= 0.6 is 11.6 Å². The van der Waals surface area contributed by atoms with Gasteiger partial charge in [0.05, 0.1) is 10.6 Å². The average Bonchev–Trinajstić information content (AvgIpc) is 2.51. The number of rotatable bonds is 3. The van der Waals surface area contributed by atoms with Crippen molar-refractivity contribution < 1.29 is 27.8 Å². The number of carbonyl (C=O) groups excluding carboxylic acids is 2. The van der Waals surface area contributed by atoms with E-state index in [-0.39, 0.29) is 11.5 Å². The number of hydrogen-bond donors (Lipinski definition) is 2. The molecule has 0 bridgehead atoms. The van der Waals surface area contributed by atoms with Crippen LogP contribution in [0.2, 0.25) is 5.02 Å². The Hall–Kier alpha value is -2.81. The summed E-state index contributed by atoms with van der Waals surface area (Å²) >= 11 is 5.58. The Morgan fingerprint density at radius 3 is 2.52 bits per heavy atom. The van der Waals surface area contributed by atoms with E-state index in [9.17, 15) is 22.9 Å². The van der Waals surface area contributed by atoms with Gasteiger partial charge in [0.25, 0.3) is 5.91 Å². The van der Waals surface area contributed by atoms with Crippen LogP contribution in [0.3, 0.4) is 0 Å². The first kappa shape index (κ1) is 16.6. The van der Waals surface area contributed by atoms with Crippen LogP contribution < -0.4 is 10.6 Å². The van der Waals surface area contributed by atoms with Gasteiger partial charge in [-0.25, -0.2) is 23.5 Å². The fourth-order valence-electron chi connectivity index (χ4n) is 1.63. The molecule has 0 spiro atoms. The molecule has 2 aromatic rings. The number of nitrogens with zero attached hydrogens (tertiary/aromatic N) is 1. The smallest absolute Gasteiger partial charge is 0.322 e. The number of pyridine rings is 1. The molecule has 10 heteroatoms. The molecule has 2 rings (SSSR count). The zero-order valence-corrected chi connectivity index (χ0v) is 11.8. The van der Waals surface area contributed by atoms with Gasteiger partial charge in [-0.1, -0.05) is 11.6 Å². The number of carbonyl (C=O) groups is 2. The molecule has 0 atom stereocenters. The number of hydrogen-bond acceptors (Lipinski definition) is 4. The lowest BCUT2D eigenvalue weighted by Crippen LogP contribution is -2.16.